The second kappa shape index (κ2) is 4.62. The highest BCUT2D eigenvalue weighted by molar-refractivity contribution is 4.96. The highest BCUT2D eigenvalue weighted by Crippen LogP contribution is 2.30. The van der Waals surface area contributed by atoms with Crippen LogP contribution in [0.3, 0.4) is 0 Å². The lowest BCUT2D eigenvalue weighted by Gasteiger charge is -2.28. The Morgan fingerprint density at radius 3 is 2.60 bits per heavy atom. The van der Waals surface area contributed by atoms with Crippen molar-refractivity contribution in [1.29, 1.82) is 0 Å². The molecule has 0 aromatic carbocycles. The molecule has 0 unspecified atom stereocenters. The van der Waals surface area contributed by atoms with Crippen molar-refractivity contribution in [2.24, 2.45) is 11.7 Å². The van der Waals surface area contributed by atoms with Crippen molar-refractivity contribution in [3.05, 3.63) is 34.7 Å². The van der Waals surface area contributed by atoms with Gasteiger partial charge in [0.05, 0.1) is 0 Å². The molecule has 1 aromatic rings. The van der Waals surface area contributed by atoms with Crippen LogP contribution in [0.25, 0.3) is 0 Å². The number of hydrogen-bond donors (Lipinski definition) is 1. The Balaban J connectivity index is 2.08. The van der Waals surface area contributed by atoms with Crippen LogP contribution in [-0.2, 0) is 0 Å². The number of nitrogens with two attached hydrogens (primary N) is 1. The van der Waals surface area contributed by atoms with E-state index in [0.29, 0.717) is 12.0 Å². The maximum Gasteiger partial charge on any atom is 0.250 e. The molecular weight excluding hydrogens is 188 g/mol. The molecule has 1 aliphatic rings. The lowest BCUT2D eigenvalue weighted by atomic mass is 9.86. The monoisotopic (exact) mass is 206 g/mol. The van der Waals surface area contributed by atoms with Gasteiger partial charge in [-0.15, -0.1) is 0 Å². The molecule has 15 heavy (non-hydrogen) atoms. The topological polar surface area (TPSA) is 48.0 Å². The molecule has 3 heteroatoms. The minimum Gasteiger partial charge on any atom is -0.330 e. The quantitative estimate of drug-likeness (QED) is 0.798. The van der Waals surface area contributed by atoms with Crippen molar-refractivity contribution in [2.75, 3.05) is 6.54 Å². The summed E-state index contributed by atoms with van der Waals surface area (Å²) in [5.74, 6) is 0.667. The van der Waals surface area contributed by atoms with Crippen LogP contribution < -0.4 is 11.3 Å². The Hall–Kier alpha value is -1.09. The van der Waals surface area contributed by atoms with Crippen molar-refractivity contribution in [3.8, 4) is 0 Å². The number of rotatable bonds is 2. The van der Waals surface area contributed by atoms with Crippen molar-refractivity contribution in [2.45, 2.75) is 31.7 Å². The summed E-state index contributed by atoms with van der Waals surface area (Å²) in [5.41, 5.74) is 5.77. The van der Waals surface area contributed by atoms with Crippen LogP contribution in [0.2, 0.25) is 0 Å². The van der Waals surface area contributed by atoms with Crippen LogP contribution in [0, 0.1) is 5.92 Å². The molecule has 2 rings (SSSR count). The van der Waals surface area contributed by atoms with E-state index in [1.54, 1.807) is 12.1 Å². The van der Waals surface area contributed by atoms with Crippen molar-refractivity contribution < 1.29 is 0 Å². The van der Waals surface area contributed by atoms with Gasteiger partial charge in [0.2, 0.25) is 0 Å². The van der Waals surface area contributed by atoms with Gasteiger partial charge in [0.1, 0.15) is 0 Å². The van der Waals surface area contributed by atoms with Crippen LogP contribution in [0.4, 0.5) is 0 Å². The molecular formula is C12H18N2O. The zero-order valence-electron chi connectivity index (χ0n) is 8.93. The van der Waals surface area contributed by atoms with Crippen LogP contribution >= 0.6 is 0 Å². The molecule has 0 bridgehead atoms. The van der Waals surface area contributed by atoms with Gasteiger partial charge >= 0.3 is 0 Å². The third kappa shape index (κ3) is 2.29. The Morgan fingerprint density at radius 1 is 1.27 bits per heavy atom. The summed E-state index contributed by atoms with van der Waals surface area (Å²) in [6, 6.07) is 5.75. The van der Waals surface area contributed by atoms with Gasteiger partial charge in [-0.3, -0.25) is 4.79 Å². The Kier molecular flexibility index (Phi) is 3.21. The van der Waals surface area contributed by atoms with E-state index in [2.05, 4.69) is 0 Å². The van der Waals surface area contributed by atoms with E-state index in [0.717, 1.165) is 32.2 Å². The second-order valence-electron chi connectivity index (χ2n) is 4.36. The fourth-order valence-electron chi connectivity index (χ4n) is 2.40. The highest BCUT2D eigenvalue weighted by Gasteiger charge is 2.21. The molecule has 0 aliphatic heterocycles. The van der Waals surface area contributed by atoms with Gasteiger partial charge in [0.15, 0.2) is 0 Å². The summed E-state index contributed by atoms with van der Waals surface area (Å²) in [5, 5.41) is 0. The minimum atomic E-state index is 0.119. The van der Waals surface area contributed by atoms with E-state index in [-0.39, 0.29) is 5.56 Å². The van der Waals surface area contributed by atoms with Crippen molar-refractivity contribution in [1.82, 2.24) is 4.57 Å². The van der Waals surface area contributed by atoms with Gasteiger partial charge in [0.25, 0.3) is 5.56 Å². The summed E-state index contributed by atoms with van der Waals surface area (Å²) in [6.45, 7) is 0.788. The standard InChI is InChI=1S/C12H18N2O/c13-9-10-4-6-11(7-5-10)14-8-2-1-3-12(14)15/h1-3,8,10-11H,4-7,9,13H2. The smallest absolute Gasteiger partial charge is 0.250 e. The van der Waals surface area contributed by atoms with Crippen molar-refractivity contribution in [3.63, 3.8) is 0 Å². The molecule has 1 fully saturated rings. The molecule has 0 amide bonds. The predicted octanol–water partition coefficient (Wildman–Crippen LogP) is 1.54. The molecule has 1 heterocycles. The molecule has 0 radical (unpaired) electrons. The van der Waals surface area contributed by atoms with Gasteiger partial charge in [-0.25, -0.2) is 0 Å². The molecule has 82 valence electrons. The van der Waals surface area contributed by atoms with E-state index in [1.807, 2.05) is 16.8 Å². The number of pyridine rings is 1. The van der Waals surface area contributed by atoms with E-state index in [1.165, 1.54) is 0 Å². The SMILES string of the molecule is NCC1CCC(n2ccccc2=O)CC1. The first-order valence-corrected chi connectivity index (χ1v) is 5.68. The minimum absolute atomic E-state index is 0.119. The largest absolute Gasteiger partial charge is 0.330 e. The lowest BCUT2D eigenvalue weighted by Crippen LogP contribution is -2.28. The third-order valence-corrected chi connectivity index (χ3v) is 3.39. The fraction of sp³-hybridized carbons (Fsp3) is 0.583. The highest BCUT2D eigenvalue weighted by atomic mass is 16.1. The Labute approximate surface area is 89.9 Å². The summed E-state index contributed by atoms with van der Waals surface area (Å²) in [4.78, 5) is 11.6. The second-order valence-corrected chi connectivity index (χ2v) is 4.36. The van der Waals surface area contributed by atoms with Gasteiger partial charge in [-0.2, -0.15) is 0 Å². The average Bonchev–Trinajstić information content (AvgIpc) is 2.30. The maximum absolute atomic E-state index is 11.6. The van der Waals surface area contributed by atoms with Crippen LogP contribution in [0.5, 0.6) is 0 Å². The summed E-state index contributed by atoms with van der Waals surface area (Å²) in [6.07, 6.45) is 6.39. The van der Waals surface area contributed by atoms with Crippen molar-refractivity contribution >= 4 is 0 Å². The Bertz CT molecular complexity index is 364. The van der Waals surface area contributed by atoms with E-state index >= 15 is 0 Å². The Morgan fingerprint density at radius 2 is 2.00 bits per heavy atom. The first kappa shape index (κ1) is 10.4. The van der Waals surface area contributed by atoms with Crippen LogP contribution in [-0.4, -0.2) is 11.1 Å². The van der Waals surface area contributed by atoms with Crippen LogP contribution in [0.15, 0.2) is 29.2 Å². The van der Waals surface area contributed by atoms with E-state index in [4.69, 9.17) is 5.73 Å². The molecule has 1 saturated carbocycles. The van der Waals surface area contributed by atoms with E-state index in [9.17, 15) is 4.79 Å². The third-order valence-electron chi connectivity index (χ3n) is 3.39. The molecule has 3 nitrogen and oxygen atoms in total. The molecule has 1 aromatic heterocycles. The number of nitrogens with zero attached hydrogens (tertiary/aromatic N) is 1. The number of hydrogen-bond acceptors (Lipinski definition) is 2. The normalized spacial score (nSPS) is 26.5. The first-order chi connectivity index (χ1) is 7.31. The molecule has 1 aliphatic carbocycles. The summed E-state index contributed by atoms with van der Waals surface area (Å²) >= 11 is 0. The summed E-state index contributed by atoms with van der Waals surface area (Å²) in [7, 11) is 0. The zero-order valence-corrected chi connectivity index (χ0v) is 8.93. The molecule has 0 spiro atoms. The van der Waals surface area contributed by atoms with Gasteiger partial charge in [0, 0.05) is 18.3 Å². The predicted molar refractivity (Wildman–Crippen MR) is 60.8 cm³/mol. The van der Waals surface area contributed by atoms with Gasteiger partial charge in [-0.1, -0.05) is 6.07 Å². The average molecular weight is 206 g/mol. The van der Waals surface area contributed by atoms with Gasteiger partial charge < -0.3 is 10.3 Å². The summed E-state index contributed by atoms with van der Waals surface area (Å²) < 4.78 is 1.87. The van der Waals surface area contributed by atoms with E-state index < -0.39 is 0 Å². The molecule has 0 saturated heterocycles. The van der Waals surface area contributed by atoms with Gasteiger partial charge in [-0.05, 0) is 44.2 Å². The number of aromatic nitrogens is 1. The molecule has 2 N–H and O–H groups in total. The lowest BCUT2D eigenvalue weighted by molar-refractivity contribution is 0.275. The first-order valence-electron chi connectivity index (χ1n) is 5.68. The molecule has 0 atom stereocenters. The van der Waals surface area contributed by atoms with Crippen LogP contribution in [0.1, 0.15) is 31.7 Å². The fourth-order valence-corrected chi connectivity index (χ4v) is 2.40. The maximum atomic E-state index is 11.6. The zero-order chi connectivity index (χ0) is 10.7.